The van der Waals surface area contributed by atoms with Crippen LogP contribution in [-0.2, 0) is 4.79 Å². The van der Waals surface area contributed by atoms with Crippen LogP contribution < -0.4 is 5.32 Å². The molecule has 0 bridgehead atoms. The first kappa shape index (κ1) is 13.0. The fraction of sp³-hybridized carbons (Fsp3) is 0.167. The van der Waals surface area contributed by atoms with Gasteiger partial charge < -0.3 is 10.4 Å². The van der Waals surface area contributed by atoms with E-state index < -0.39 is 12.0 Å². The highest BCUT2D eigenvalue weighted by Gasteiger charge is 2.23. The monoisotopic (exact) mass is 326 g/mol. The average Bonchev–Trinajstić information content (AvgIpc) is 2.74. The third-order valence-corrected chi connectivity index (χ3v) is 3.97. The standard InChI is InChI=1S/C12H11BrN2O2S/c1-7-11(18-6-14-7)10(12(16)17)15-9-4-2-8(13)3-5-9/h2-6,10,15H,1H3,(H,16,17). The number of thiazole rings is 1. The highest BCUT2D eigenvalue weighted by atomic mass is 79.9. The first-order valence-corrected chi connectivity index (χ1v) is 6.90. The molecular formula is C12H11BrN2O2S. The lowest BCUT2D eigenvalue weighted by Gasteiger charge is -2.14. The number of halogens is 1. The zero-order chi connectivity index (χ0) is 13.1. The van der Waals surface area contributed by atoms with Gasteiger partial charge in [0, 0.05) is 10.2 Å². The summed E-state index contributed by atoms with van der Waals surface area (Å²) in [6.45, 7) is 1.81. The molecule has 1 aromatic heterocycles. The van der Waals surface area contributed by atoms with Crippen molar-refractivity contribution in [2.75, 3.05) is 5.32 Å². The lowest BCUT2D eigenvalue weighted by atomic mass is 10.2. The molecule has 0 aliphatic carbocycles. The zero-order valence-electron chi connectivity index (χ0n) is 9.55. The number of carboxylic acids is 1. The van der Waals surface area contributed by atoms with Crippen molar-refractivity contribution in [2.24, 2.45) is 0 Å². The second-order valence-electron chi connectivity index (χ2n) is 3.72. The zero-order valence-corrected chi connectivity index (χ0v) is 12.0. The predicted molar refractivity (Wildman–Crippen MR) is 75.0 cm³/mol. The highest BCUT2D eigenvalue weighted by molar-refractivity contribution is 9.10. The van der Waals surface area contributed by atoms with Crippen LogP contribution in [0.2, 0.25) is 0 Å². The lowest BCUT2D eigenvalue weighted by Crippen LogP contribution is -2.20. The van der Waals surface area contributed by atoms with Crippen LogP contribution in [0.1, 0.15) is 16.6 Å². The van der Waals surface area contributed by atoms with E-state index in [0.29, 0.717) is 0 Å². The van der Waals surface area contributed by atoms with Gasteiger partial charge in [0.2, 0.25) is 0 Å². The molecule has 6 heteroatoms. The Balaban J connectivity index is 2.25. The molecule has 18 heavy (non-hydrogen) atoms. The van der Waals surface area contributed by atoms with Crippen LogP contribution in [0.25, 0.3) is 0 Å². The van der Waals surface area contributed by atoms with Gasteiger partial charge in [-0.2, -0.15) is 0 Å². The molecule has 0 aliphatic rings. The van der Waals surface area contributed by atoms with Crippen molar-refractivity contribution in [1.82, 2.24) is 4.98 Å². The molecule has 1 aromatic carbocycles. The molecule has 0 spiro atoms. The van der Waals surface area contributed by atoms with E-state index in [4.69, 9.17) is 0 Å². The first-order valence-electron chi connectivity index (χ1n) is 5.23. The Bertz CT molecular complexity index is 553. The largest absolute Gasteiger partial charge is 0.479 e. The molecule has 2 aromatic rings. The van der Waals surface area contributed by atoms with Crippen molar-refractivity contribution in [3.8, 4) is 0 Å². The minimum Gasteiger partial charge on any atom is -0.479 e. The van der Waals surface area contributed by atoms with E-state index >= 15 is 0 Å². The van der Waals surface area contributed by atoms with Gasteiger partial charge in [0.05, 0.1) is 16.1 Å². The number of hydrogen-bond donors (Lipinski definition) is 2. The van der Waals surface area contributed by atoms with E-state index in [0.717, 1.165) is 20.7 Å². The molecule has 0 saturated carbocycles. The van der Waals surface area contributed by atoms with Crippen molar-refractivity contribution in [3.63, 3.8) is 0 Å². The summed E-state index contributed by atoms with van der Waals surface area (Å²) in [5.74, 6) is -0.912. The Kier molecular flexibility index (Phi) is 3.98. The summed E-state index contributed by atoms with van der Waals surface area (Å²) in [6, 6.07) is 6.62. The number of aromatic nitrogens is 1. The Hall–Kier alpha value is -1.40. The molecule has 0 aliphatic heterocycles. The number of aryl methyl sites for hydroxylation is 1. The Morgan fingerprint density at radius 2 is 2.11 bits per heavy atom. The van der Waals surface area contributed by atoms with E-state index in [1.165, 1.54) is 11.3 Å². The molecule has 4 nitrogen and oxygen atoms in total. The van der Waals surface area contributed by atoms with Gasteiger partial charge in [0.15, 0.2) is 6.04 Å². The minimum absolute atomic E-state index is 0.727. The Morgan fingerprint density at radius 1 is 1.44 bits per heavy atom. The van der Waals surface area contributed by atoms with Crippen LogP contribution in [0.4, 0.5) is 5.69 Å². The van der Waals surface area contributed by atoms with Crippen molar-refractivity contribution in [3.05, 3.63) is 44.8 Å². The maximum Gasteiger partial charge on any atom is 0.331 e. The number of carbonyl (C=O) groups is 1. The molecule has 2 rings (SSSR count). The number of aliphatic carboxylic acids is 1. The Morgan fingerprint density at radius 3 is 2.61 bits per heavy atom. The summed E-state index contributed by atoms with van der Waals surface area (Å²) in [7, 11) is 0. The third kappa shape index (κ3) is 2.88. The van der Waals surface area contributed by atoms with Crippen molar-refractivity contribution in [1.29, 1.82) is 0 Å². The fourth-order valence-electron chi connectivity index (χ4n) is 1.54. The number of hydrogen-bond acceptors (Lipinski definition) is 4. The van der Waals surface area contributed by atoms with E-state index in [1.807, 2.05) is 31.2 Å². The molecular weight excluding hydrogens is 316 g/mol. The number of carboxylic acid groups (broad SMARTS) is 1. The van der Waals surface area contributed by atoms with E-state index in [-0.39, 0.29) is 0 Å². The molecule has 2 N–H and O–H groups in total. The number of benzene rings is 1. The first-order chi connectivity index (χ1) is 8.58. The number of rotatable bonds is 4. The average molecular weight is 327 g/mol. The maximum atomic E-state index is 11.3. The van der Waals surface area contributed by atoms with E-state index in [9.17, 15) is 9.90 Å². The molecule has 0 saturated heterocycles. The smallest absolute Gasteiger partial charge is 0.331 e. The van der Waals surface area contributed by atoms with Gasteiger partial charge >= 0.3 is 5.97 Å². The van der Waals surface area contributed by atoms with Gasteiger partial charge in [-0.3, -0.25) is 0 Å². The van der Waals surface area contributed by atoms with Crippen LogP contribution in [0.15, 0.2) is 34.2 Å². The van der Waals surface area contributed by atoms with Crippen molar-refractivity contribution in [2.45, 2.75) is 13.0 Å². The molecule has 94 valence electrons. The van der Waals surface area contributed by atoms with Crippen molar-refractivity contribution >= 4 is 38.9 Å². The van der Waals surface area contributed by atoms with E-state index in [2.05, 4.69) is 26.2 Å². The summed E-state index contributed by atoms with van der Waals surface area (Å²) in [4.78, 5) is 16.1. The number of nitrogens with one attached hydrogen (secondary N) is 1. The molecule has 1 atom stereocenters. The molecule has 0 fully saturated rings. The van der Waals surface area contributed by atoms with Gasteiger partial charge in [-0.1, -0.05) is 15.9 Å². The second kappa shape index (κ2) is 5.49. The van der Waals surface area contributed by atoms with Crippen LogP contribution in [0.3, 0.4) is 0 Å². The van der Waals surface area contributed by atoms with Crippen LogP contribution in [-0.4, -0.2) is 16.1 Å². The van der Waals surface area contributed by atoms with Crippen molar-refractivity contribution < 1.29 is 9.90 Å². The maximum absolute atomic E-state index is 11.3. The molecule has 1 heterocycles. The third-order valence-electron chi connectivity index (χ3n) is 2.45. The topological polar surface area (TPSA) is 62.2 Å². The van der Waals surface area contributed by atoms with Gasteiger partial charge in [-0.05, 0) is 31.2 Å². The normalized spacial score (nSPS) is 12.1. The molecule has 0 radical (unpaired) electrons. The predicted octanol–water partition coefficient (Wildman–Crippen LogP) is 3.45. The Labute approximate surface area is 117 Å². The van der Waals surface area contributed by atoms with Crippen LogP contribution in [0.5, 0.6) is 0 Å². The highest BCUT2D eigenvalue weighted by Crippen LogP contribution is 2.26. The second-order valence-corrected chi connectivity index (χ2v) is 5.53. The quantitative estimate of drug-likeness (QED) is 0.903. The summed E-state index contributed by atoms with van der Waals surface area (Å²) in [5.41, 5.74) is 3.17. The fourth-order valence-corrected chi connectivity index (χ4v) is 2.65. The summed E-state index contributed by atoms with van der Waals surface area (Å²) >= 11 is 4.68. The van der Waals surface area contributed by atoms with Crippen LogP contribution in [0, 0.1) is 6.92 Å². The SMILES string of the molecule is Cc1ncsc1C(Nc1ccc(Br)cc1)C(=O)O. The summed E-state index contributed by atoms with van der Waals surface area (Å²) in [5, 5.41) is 12.3. The number of anilines is 1. The van der Waals surface area contributed by atoms with E-state index in [1.54, 1.807) is 5.51 Å². The number of nitrogens with zero attached hydrogens (tertiary/aromatic N) is 1. The van der Waals surface area contributed by atoms with Gasteiger partial charge in [-0.25, -0.2) is 9.78 Å². The molecule has 1 unspecified atom stereocenters. The van der Waals surface area contributed by atoms with Gasteiger partial charge in [-0.15, -0.1) is 11.3 Å². The summed E-state index contributed by atoms with van der Waals surface area (Å²) < 4.78 is 0.953. The van der Waals surface area contributed by atoms with Gasteiger partial charge in [0.1, 0.15) is 0 Å². The lowest BCUT2D eigenvalue weighted by molar-refractivity contribution is -0.138. The summed E-state index contributed by atoms with van der Waals surface area (Å²) in [6.07, 6.45) is 0. The van der Waals surface area contributed by atoms with Gasteiger partial charge in [0.25, 0.3) is 0 Å². The molecule has 0 amide bonds. The van der Waals surface area contributed by atoms with Crippen LogP contribution >= 0.6 is 27.3 Å². The minimum atomic E-state index is -0.912.